The zero-order chi connectivity index (χ0) is 25.2. The quantitative estimate of drug-likeness (QED) is 0.315. The summed E-state index contributed by atoms with van der Waals surface area (Å²) in [4.78, 5) is 37.9. The average Bonchev–Trinajstić information content (AvgIpc) is 2.86. The summed E-state index contributed by atoms with van der Waals surface area (Å²) < 4.78 is 15.6. The number of hydrogen-bond donors (Lipinski definition) is 2. The number of hydrogen-bond acceptors (Lipinski definition) is 7. The largest absolute Gasteiger partial charge is 0.497 e. The highest BCUT2D eigenvalue weighted by Crippen LogP contribution is 2.26. The van der Waals surface area contributed by atoms with Crippen molar-refractivity contribution in [1.29, 1.82) is 0 Å². The van der Waals surface area contributed by atoms with Crippen molar-refractivity contribution in [2.24, 2.45) is 0 Å². The van der Waals surface area contributed by atoms with Crippen molar-refractivity contribution in [2.75, 3.05) is 37.2 Å². The smallest absolute Gasteiger partial charge is 0.339 e. The molecule has 0 aliphatic rings. The van der Waals surface area contributed by atoms with Gasteiger partial charge in [-0.15, -0.1) is 11.8 Å². The van der Waals surface area contributed by atoms with Crippen LogP contribution in [-0.2, 0) is 14.3 Å². The summed E-state index contributed by atoms with van der Waals surface area (Å²) in [5.41, 5.74) is 2.32. The number of carbonyl (C=O) groups is 3. The standard InChI is InChI=1S/C26H26N2O6S/c1-17-11-12-22(33-3)21(13-17)28-24(29)15-34-26(31)20-9-4-5-10-23(20)35-16-25(30)27-18-7-6-8-19(14-18)32-2/h4-14H,15-16H2,1-3H3,(H,27,30)(H,28,29). The lowest BCUT2D eigenvalue weighted by atomic mass is 10.2. The van der Waals surface area contributed by atoms with Crippen LogP contribution in [0.1, 0.15) is 15.9 Å². The molecule has 8 nitrogen and oxygen atoms in total. The van der Waals surface area contributed by atoms with E-state index in [-0.39, 0.29) is 17.2 Å². The summed E-state index contributed by atoms with van der Waals surface area (Å²) >= 11 is 1.19. The Bertz CT molecular complexity index is 1210. The molecule has 0 saturated carbocycles. The van der Waals surface area contributed by atoms with Gasteiger partial charge >= 0.3 is 5.97 Å². The molecule has 2 N–H and O–H groups in total. The molecule has 3 aromatic carbocycles. The van der Waals surface area contributed by atoms with E-state index < -0.39 is 18.5 Å². The SMILES string of the molecule is COc1cccc(NC(=O)CSc2ccccc2C(=O)OCC(=O)Nc2cc(C)ccc2OC)c1. The van der Waals surface area contributed by atoms with E-state index in [2.05, 4.69) is 10.6 Å². The Labute approximate surface area is 208 Å². The van der Waals surface area contributed by atoms with Crippen molar-refractivity contribution in [2.45, 2.75) is 11.8 Å². The molecule has 0 radical (unpaired) electrons. The van der Waals surface area contributed by atoms with Crippen LogP contribution >= 0.6 is 11.8 Å². The normalized spacial score (nSPS) is 10.3. The Morgan fingerprint density at radius 1 is 0.857 bits per heavy atom. The van der Waals surface area contributed by atoms with E-state index >= 15 is 0 Å². The van der Waals surface area contributed by atoms with Crippen molar-refractivity contribution in [3.8, 4) is 11.5 Å². The van der Waals surface area contributed by atoms with Gasteiger partial charge in [-0.25, -0.2) is 4.79 Å². The van der Waals surface area contributed by atoms with Gasteiger partial charge in [-0.05, 0) is 48.9 Å². The summed E-state index contributed by atoms with van der Waals surface area (Å²) in [7, 11) is 3.06. The molecule has 3 rings (SSSR count). The van der Waals surface area contributed by atoms with Gasteiger partial charge in [0, 0.05) is 16.6 Å². The minimum Gasteiger partial charge on any atom is -0.497 e. The highest BCUT2D eigenvalue weighted by Gasteiger charge is 2.16. The third-order valence-electron chi connectivity index (χ3n) is 4.78. The van der Waals surface area contributed by atoms with Crippen molar-refractivity contribution in [3.05, 3.63) is 77.9 Å². The molecule has 0 aliphatic carbocycles. The molecule has 0 unspecified atom stereocenters. The number of esters is 1. The molecule has 0 aliphatic heterocycles. The van der Waals surface area contributed by atoms with Crippen LogP contribution in [0, 0.1) is 6.92 Å². The highest BCUT2D eigenvalue weighted by atomic mass is 32.2. The van der Waals surface area contributed by atoms with E-state index in [0.29, 0.717) is 27.8 Å². The number of methoxy groups -OCH3 is 2. The summed E-state index contributed by atoms with van der Waals surface area (Å²) in [6, 6.07) is 19.2. The Morgan fingerprint density at radius 2 is 1.66 bits per heavy atom. The van der Waals surface area contributed by atoms with Crippen LogP contribution in [-0.4, -0.2) is 44.4 Å². The summed E-state index contributed by atoms with van der Waals surface area (Å²) in [5, 5.41) is 5.48. The van der Waals surface area contributed by atoms with Crippen LogP contribution in [0.3, 0.4) is 0 Å². The summed E-state index contributed by atoms with van der Waals surface area (Å²) in [5.74, 6) is -0.178. The Hall–Kier alpha value is -3.98. The van der Waals surface area contributed by atoms with E-state index in [1.54, 1.807) is 67.8 Å². The molecule has 0 atom stereocenters. The molecular formula is C26H26N2O6S. The molecule has 0 heterocycles. The minimum atomic E-state index is -0.660. The van der Waals surface area contributed by atoms with Crippen LogP contribution in [0.4, 0.5) is 11.4 Å². The lowest BCUT2D eigenvalue weighted by Gasteiger charge is -2.12. The van der Waals surface area contributed by atoms with Gasteiger partial charge < -0.3 is 24.8 Å². The molecule has 0 fully saturated rings. The highest BCUT2D eigenvalue weighted by molar-refractivity contribution is 8.00. The van der Waals surface area contributed by atoms with Gasteiger partial charge in [0.1, 0.15) is 11.5 Å². The van der Waals surface area contributed by atoms with Crippen LogP contribution in [0.2, 0.25) is 0 Å². The maximum absolute atomic E-state index is 12.7. The number of carbonyl (C=O) groups excluding carboxylic acids is 3. The summed E-state index contributed by atoms with van der Waals surface area (Å²) in [6.07, 6.45) is 0. The predicted octanol–water partition coefficient (Wildman–Crippen LogP) is 4.54. The van der Waals surface area contributed by atoms with Crippen LogP contribution in [0.15, 0.2) is 71.6 Å². The summed E-state index contributed by atoms with van der Waals surface area (Å²) in [6.45, 7) is 1.42. The second-order valence-corrected chi connectivity index (χ2v) is 8.41. The lowest BCUT2D eigenvalue weighted by Crippen LogP contribution is -2.21. The fraction of sp³-hybridized carbons (Fsp3) is 0.192. The van der Waals surface area contributed by atoms with Crippen molar-refractivity contribution < 1.29 is 28.6 Å². The zero-order valence-electron chi connectivity index (χ0n) is 19.6. The van der Waals surface area contributed by atoms with E-state index in [1.165, 1.54) is 18.9 Å². The van der Waals surface area contributed by atoms with Gasteiger partial charge in [0.25, 0.3) is 5.91 Å². The van der Waals surface area contributed by atoms with Crippen molar-refractivity contribution >= 4 is 40.9 Å². The Kier molecular flexibility index (Phi) is 9.14. The molecule has 3 aromatic rings. The fourth-order valence-electron chi connectivity index (χ4n) is 3.12. The number of rotatable bonds is 10. The van der Waals surface area contributed by atoms with Crippen LogP contribution < -0.4 is 20.1 Å². The van der Waals surface area contributed by atoms with Gasteiger partial charge in [0.05, 0.1) is 31.2 Å². The number of ether oxygens (including phenoxy) is 3. The molecule has 0 aromatic heterocycles. The van der Waals surface area contributed by atoms with E-state index in [0.717, 1.165) is 5.56 Å². The topological polar surface area (TPSA) is 103 Å². The van der Waals surface area contributed by atoms with Crippen molar-refractivity contribution in [3.63, 3.8) is 0 Å². The number of anilines is 2. The van der Waals surface area contributed by atoms with Crippen molar-refractivity contribution in [1.82, 2.24) is 0 Å². The van der Waals surface area contributed by atoms with Gasteiger partial charge in [0.2, 0.25) is 5.91 Å². The second kappa shape index (κ2) is 12.5. The monoisotopic (exact) mass is 494 g/mol. The van der Waals surface area contributed by atoms with E-state index in [4.69, 9.17) is 14.2 Å². The molecule has 9 heteroatoms. The molecule has 2 amide bonds. The maximum Gasteiger partial charge on any atom is 0.339 e. The molecule has 0 spiro atoms. The van der Waals surface area contributed by atoms with Gasteiger partial charge in [-0.2, -0.15) is 0 Å². The molecular weight excluding hydrogens is 468 g/mol. The lowest BCUT2D eigenvalue weighted by molar-refractivity contribution is -0.119. The first-order chi connectivity index (χ1) is 16.9. The molecule has 0 saturated heterocycles. The first kappa shape index (κ1) is 25.6. The van der Waals surface area contributed by atoms with E-state index in [1.807, 2.05) is 13.0 Å². The second-order valence-electron chi connectivity index (χ2n) is 7.39. The first-order valence-electron chi connectivity index (χ1n) is 10.7. The number of nitrogens with one attached hydrogen (secondary N) is 2. The number of amides is 2. The Balaban J connectivity index is 1.56. The molecule has 0 bridgehead atoms. The predicted molar refractivity (Wildman–Crippen MR) is 135 cm³/mol. The Morgan fingerprint density at radius 3 is 2.43 bits per heavy atom. The van der Waals surface area contributed by atoms with E-state index in [9.17, 15) is 14.4 Å². The number of thioether (sulfide) groups is 1. The maximum atomic E-state index is 12.7. The number of aryl methyl sites for hydroxylation is 1. The fourth-order valence-corrected chi connectivity index (χ4v) is 3.96. The van der Waals surface area contributed by atoms with Crippen LogP contribution in [0.25, 0.3) is 0 Å². The van der Waals surface area contributed by atoms with Gasteiger partial charge in [0.15, 0.2) is 6.61 Å². The van der Waals surface area contributed by atoms with Gasteiger partial charge in [-0.3, -0.25) is 9.59 Å². The third kappa shape index (κ3) is 7.51. The first-order valence-corrected chi connectivity index (χ1v) is 11.7. The van der Waals surface area contributed by atoms with Gasteiger partial charge in [-0.1, -0.05) is 24.3 Å². The number of benzene rings is 3. The van der Waals surface area contributed by atoms with Crippen LogP contribution in [0.5, 0.6) is 11.5 Å². The minimum absolute atomic E-state index is 0.0785. The average molecular weight is 495 g/mol. The molecule has 182 valence electrons. The molecule has 35 heavy (non-hydrogen) atoms. The third-order valence-corrected chi connectivity index (χ3v) is 5.86. The zero-order valence-corrected chi connectivity index (χ0v) is 20.4.